The van der Waals surface area contributed by atoms with Gasteiger partial charge in [-0.25, -0.2) is 0 Å². The third-order valence-corrected chi connectivity index (χ3v) is 3.26. The van der Waals surface area contributed by atoms with E-state index in [0.717, 1.165) is 11.1 Å². The van der Waals surface area contributed by atoms with E-state index >= 15 is 0 Å². The molecule has 0 bridgehead atoms. The molecule has 104 valence electrons. The van der Waals surface area contributed by atoms with E-state index in [9.17, 15) is 4.79 Å². The van der Waals surface area contributed by atoms with Crippen LogP contribution in [0.25, 0.3) is 0 Å². The molecule has 3 N–H and O–H groups in total. The SMILES string of the molecule is Cc1cccc([C@@H](C)NC(=O)Cc2ccc(N)cc2)c1. The van der Waals surface area contributed by atoms with Gasteiger partial charge in [-0.3, -0.25) is 4.79 Å². The molecule has 1 amide bonds. The second kappa shape index (κ2) is 6.24. The van der Waals surface area contributed by atoms with Crippen molar-refractivity contribution < 1.29 is 4.79 Å². The number of nitrogen functional groups attached to an aromatic ring is 1. The maximum atomic E-state index is 12.0. The van der Waals surface area contributed by atoms with Crippen LogP contribution < -0.4 is 11.1 Å². The van der Waals surface area contributed by atoms with Crippen LogP contribution in [-0.4, -0.2) is 5.91 Å². The Balaban J connectivity index is 1.95. The average Bonchev–Trinajstić information content (AvgIpc) is 2.41. The smallest absolute Gasteiger partial charge is 0.224 e. The van der Waals surface area contributed by atoms with Gasteiger partial charge in [0.05, 0.1) is 12.5 Å². The molecule has 0 radical (unpaired) electrons. The Hall–Kier alpha value is -2.29. The van der Waals surface area contributed by atoms with Gasteiger partial charge in [-0.2, -0.15) is 0 Å². The van der Waals surface area contributed by atoms with Crippen LogP contribution in [0.1, 0.15) is 29.7 Å². The lowest BCUT2D eigenvalue weighted by molar-refractivity contribution is -0.121. The Morgan fingerprint density at radius 2 is 1.90 bits per heavy atom. The number of carbonyl (C=O) groups excluding carboxylic acids is 1. The number of hydrogen-bond donors (Lipinski definition) is 2. The molecule has 0 spiro atoms. The number of benzene rings is 2. The maximum Gasteiger partial charge on any atom is 0.224 e. The summed E-state index contributed by atoms with van der Waals surface area (Å²) in [6.07, 6.45) is 0.371. The van der Waals surface area contributed by atoms with Crippen molar-refractivity contribution in [3.63, 3.8) is 0 Å². The van der Waals surface area contributed by atoms with E-state index in [1.165, 1.54) is 5.56 Å². The van der Waals surface area contributed by atoms with Crippen molar-refractivity contribution in [1.82, 2.24) is 5.32 Å². The molecule has 2 aromatic rings. The van der Waals surface area contributed by atoms with Gasteiger partial charge in [0.2, 0.25) is 5.91 Å². The topological polar surface area (TPSA) is 55.1 Å². The molecule has 0 aliphatic rings. The minimum absolute atomic E-state index is 0.0104. The van der Waals surface area contributed by atoms with Gasteiger partial charge in [0.1, 0.15) is 0 Å². The van der Waals surface area contributed by atoms with Gasteiger partial charge in [-0.15, -0.1) is 0 Å². The first kappa shape index (κ1) is 14.1. The van der Waals surface area contributed by atoms with Crippen LogP contribution in [0.15, 0.2) is 48.5 Å². The molecular formula is C17H20N2O. The minimum atomic E-state index is 0.0104. The number of nitrogens with one attached hydrogen (secondary N) is 1. The van der Waals surface area contributed by atoms with Crippen molar-refractivity contribution in [3.05, 3.63) is 65.2 Å². The summed E-state index contributed by atoms with van der Waals surface area (Å²) < 4.78 is 0. The van der Waals surface area contributed by atoms with Crippen LogP contribution in [0.5, 0.6) is 0 Å². The fourth-order valence-electron chi connectivity index (χ4n) is 2.14. The maximum absolute atomic E-state index is 12.0. The van der Waals surface area contributed by atoms with Crippen LogP contribution >= 0.6 is 0 Å². The first-order valence-corrected chi connectivity index (χ1v) is 6.75. The van der Waals surface area contributed by atoms with Crippen molar-refractivity contribution >= 4 is 11.6 Å². The van der Waals surface area contributed by atoms with Gasteiger partial charge in [0.25, 0.3) is 0 Å². The highest BCUT2D eigenvalue weighted by molar-refractivity contribution is 5.79. The Morgan fingerprint density at radius 3 is 2.55 bits per heavy atom. The second-order valence-corrected chi connectivity index (χ2v) is 5.12. The first-order chi connectivity index (χ1) is 9.54. The van der Waals surface area contributed by atoms with Gasteiger partial charge in [-0.1, -0.05) is 42.0 Å². The van der Waals surface area contributed by atoms with Gasteiger partial charge in [0.15, 0.2) is 0 Å². The zero-order valence-corrected chi connectivity index (χ0v) is 11.9. The highest BCUT2D eigenvalue weighted by Crippen LogP contribution is 2.14. The number of carbonyl (C=O) groups is 1. The lowest BCUT2D eigenvalue weighted by atomic mass is 10.1. The van der Waals surface area contributed by atoms with E-state index in [1.54, 1.807) is 0 Å². The minimum Gasteiger partial charge on any atom is -0.399 e. The van der Waals surface area contributed by atoms with Crippen LogP contribution in [-0.2, 0) is 11.2 Å². The van der Waals surface area contributed by atoms with Gasteiger partial charge < -0.3 is 11.1 Å². The molecule has 0 fully saturated rings. The van der Waals surface area contributed by atoms with Crippen molar-refractivity contribution in [2.24, 2.45) is 0 Å². The molecule has 0 heterocycles. The zero-order chi connectivity index (χ0) is 14.5. The van der Waals surface area contributed by atoms with E-state index in [0.29, 0.717) is 12.1 Å². The molecule has 2 aromatic carbocycles. The van der Waals surface area contributed by atoms with Gasteiger partial charge in [-0.05, 0) is 37.1 Å². The standard InChI is InChI=1S/C17H20N2O/c1-12-4-3-5-15(10-12)13(2)19-17(20)11-14-6-8-16(18)9-7-14/h3-10,13H,11,18H2,1-2H3,(H,19,20)/t13-/m1/s1. The average molecular weight is 268 g/mol. The molecule has 0 aliphatic heterocycles. The number of aryl methyl sites for hydroxylation is 1. The molecule has 0 aliphatic carbocycles. The van der Waals surface area contributed by atoms with E-state index in [2.05, 4.69) is 11.4 Å². The second-order valence-electron chi connectivity index (χ2n) is 5.12. The van der Waals surface area contributed by atoms with Crippen molar-refractivity contribution in [2.45, 2.75) is 26.3 Å². The fourth-order valence-corrected chi connectivity index (χ4v) is 2.14. The highest BCUT2D eigenvalue weighted by Gasteiger charge is 2.10. The van der Waals surface area contributed by atoms with Crippen LogP contribution in [0.3, 0.4) is 0 Å². The largest absolute Gasteiger partial charge is 0.399 e. The molecule has 1 atom stereocenters. The number of rotatable bonds is 4. The summed E-state index contributed by atoms with van der Waals surface area (Å²) in [5.41, 5.74) is 9.62. The molecule has 2 rings (SSSR count). The molecule has 0 saturated carbocycles. The molecule has 3 nitrogen and oxygen atoms in total. The summed E-state index contributed by atoms with van der Waals surface area (Å²) in [6.45, 7) is 4.04. The fraction of sp³-hybridized carbons (Fsp3) is 0.235. The lowest BCUT2D eigenvalue weighted by Crippen LogP contribution is -2.28. The number of amides is 1. The monoisotopic (exact) mass is 268 g/mol. The third kappa shape index (κ3) is 3.85. The van der Waals surface area contributed by atoms with E-state index in [1.807, 2.05) is 56.3 Å². The van der Waals surface area contributed by atoms with Crippen molar-refractivity contribution in [2.75, 3.05) is 5.73 Å². The summed E-state index contributed by atoms with van der Waals surface area (Å²) in [4.78, 5) is 12.0. The molecule has 0 unspecified atom stereocenters. The zero-order valence-electron chi connectivity index (χ0n) is 11.9. The van der Waals surface area contributed by atoms with Gasteiger partial charge in [0, 0.05) is 5.69 Å². The molecule has 20 heavy (non-hydrogen) atoms. The summed E-state index contributed by atoms with van der Waals surface area (Å²) in [7, 11) is 0. The highest BCUT2D eigenvalue weighted by atomic mass is 16.1. The molecular weight excluding hydrogens is 248 g/mol. The Labute approximate surface area is 119 Å². The summed E-state index contributed by atoms with van der Waals surface area (Å²) in [5, 5.41) is 3.02. The van der Waals surface area contributed by atoms with Gasteiger partial charge >= 0.3 is 0 Å². The lowest BCUT2D eigenvalue weighted by Gasteiger charge is -2.15. The van der Waals surface area contributed by atoms with E-state index in [-0.39, 0.29) is 11.9 Å². The summed E-state index contributed by atoms with van der Waals surface area (Å²) >= 11 is 0. The van der Waals surface area contributed by atoms with Crippen molar-refractivity contribution in [3.8, 4) is 0 Å². The van der Waals surface area contributed by atoms with Crippen LogP contribution in [0.4, 0.5) is 5.69 Å². The van der Waals surface area contributed by atoms with E-state index < -0.39 is 0 Å². The predicted octanol–water partition coefficient (Wildman–Crippen LogP) is 3.00. The Morgan fingerprint density at radius 1 is 1.20 bits per heavy atom. The number of anilines is 1. The quantitative estimate of drug-likeness (QED) is 0.837. The molecule has 0 aromatic heterocycles. The predicted molar refractivity (Wildman–Crippen MR) is 82.3 cm³/mol. The normalized spacial score (nSPS) is 11.9. The van der Waals surface area contributed by atoms with E-state index in [4.69, 9.17) is 5.73 Å². The number of hydrogen-bond acceptors (Lipinski definition) is 2. The molecule has 0 saturated heterocycles. The summed E-state index contributed by atoms with van der Waals surface area (Å²) in [6, 6.07) is 15.6. The Bertz CT molecular complexity index is 590. The number of nitrogens with two attached hydrogens (primary N) is 1. The van der Waals surface area contributed by atoms with Crippen LogP contribution in [0.2, 0.25) is 0 Å². The molecule has 3 heteroatoms. The third-order valence-electron chi connectivity index (χ3n) is 3.26. The Kier molecular flexibility index (Phi) is 4.41. The summed E-state index contributed by atoms with van der Waals surface area (Å²) in [5.74, 6) is 0.0174. The first-order valence-electron chi connectivity index (χ1n) is 6.75. The van der Waals surface area contributed by atoms with Crippen LogP contribution in [0, 0.1) is 6.92 Å². The van der Waals surface area contributed by atoms with Crippen molar-refractivity contribution in [1.29, 1.82) is 0 Å².